The molecule has 3 heteroatoms. The van der Waals surface area contributed by atoms with Crippen LogP contribution in [0.15, 0.2) is 0 Å². The Bertz CT molecular complexity index is 136. The zero-order chi connectivity index (χ0) is 9.99. The van der Waals surface area contributed by atoms with Crippen LogP contribution < -0.4 is 5.73 Å². The monoisotopic (exact) mass is 179 g/mol. The molecule has 0 spiro atoms. The summed E-state index contributed by atoms with van der Waals surface area (Å²) in [6, 6.07) is 0. The number of hydrogen-bond donors (Lipinski definition) is 1. The molecule has 0 heterocycles. The summed E-state index contributed by atoms with van der Waals surface area (Å²) in [6.07, 6.45) is -0.314. The second-order valence-electron chi connectivity index (χ2n) is 4.62. The lowest BCUT2D eigenvalue weighted by atomic mass is 9.92. The van der Waals surface area contributed by atoms with E-state index in [1.165, 1.54) is 0 Å². The first-order chi connectivity index (χ1) is 5.12. The molecule has 0 saturated carbocycles. The van der Waals surface area contributed by atoms with Crippen LogP contribution in [0.1, 0.15) is 40.5 Å². The van der Waals surface area contributed by atoms with Gasteiger partial charge in [0.2, 0.25) is 5.92 Å². The third-order valence-electron chi connectivity index (χ3n) is 1.42. The van der Waals surface area contributed by atoms with Crippen LogP contribution in [0.25, 0.3) is 0 Å². The summed E-state index contributed by atoms with van der Waals surface area (Å²) in [5.74, 6) is -2.60. The van der Waals surface area contributed by atoms with E-state index >= 15 is 0 Å². The third-order valence-corrected chi connectivity index (χ3v) is 1.42. The Balaban J connectivity index is 4.04. The van der Waals surface area contributed by atoms with Gasteiger partial charge in [-0.25, -0.2) is 8.78 Å². The van der Waals surface area contributed by atoms with E-state index in [9.17, 15) is 8.78 Å². The number of hydrogen-bond acceptors (Lipinski definition) is 1. The van der Waals surface area contributed by atoms with Crippen molar-refractivity contribution in [3.05, 3.63) is 0 Å². The molecule has 2 N–H and O–H groups in total. The van der Waals surface area contributed by atoms with Gasteiger partial charge >= 0.3 is 0 Å². The summed E-state index contributed by atoms with van der Waals surface area (Å²) in [7, 11) is 0. The maximum absolute atomic E-state index is 13.1. The molecule has 12 heavy (non-hydrogen) atoms. The van der Waals surface area contributed by atoms with Gasteiger partial charge in [0.15, 0.2) is 0 Å². The first kappa shape index (κ1) is 11.8. The first-order valence-electron chi connectivity index (χ1n) is 4.29. The van der Waals surface area contributed by atoms with Crippen LogP contribution in [-0.2, 0) is 0 Å². The van der Waals surface area contributed by atoms with Crippen molar-refractivity contribution in [2.45, 2.75) is 52.0 Å². The van der Waals surface area contributed by atoms with Crippen molar-refractivity contribution in [2.24, 2.45) is 11.7 Å². The lowest BCUT2D eigenvalue weighted by molar-refractivity contribution is -0.0413. The van der Waals surface area contributed by atoms with Crippen molar-refractivity contribution in [2.75, 3.05) is 0 Å². The number of halogens is 2. The SMILES string of the molecule is CC(C)CC(F)(F)CC(C)(C)N. The molecule has 0 aliphatic rings. The number of rotatable bonds is 4. The highest BCUT2D eigenvalue weighted by atomic mass is 19.3. The summed E-state index contributed by atoms with van der Waals surface area (Å²) < 4.78 is 26.2. The molecule has 0 aliphatic carbocycles. The average Bonchev–Trinajstić information content (AvgIpc) is 1.48. The van der Waals surface area contributed by atoms with Gasteiger partial charge in [-0.15, -0.1) is 0 Å². The number of alkyl halides is 2. The molecule has 0 unspecified atom stereocenters. The molecule has 0 atom stereocenters. The van der Waals surface area contributed by atoms with Crippen molar-refractivity contribution in [3.8, 4) is 0 Å². The molecular formula is C9H19F2N. The van der Waals surface area contributed by atoms with E-state index in [-0.39, 0.29) is 18.8 Å². The van der Waals surface area contributed by atoms with E-state index in [0.717, 1.165) is 0 Å². The summed E-state index contributed by atoms with van der Waals surface area (Å²) in [4.78, 5) is 0. The minimum Gasteiger partial charge on any atom is -0.325 e. The highest BCUT2D eigenvalue weighted by molar-refractivity contribution is 4.81. The van der Waals surface area contributed by atoms with Gasteiger partial charge in [0.1, 0.15) is 0 Å². The Morgan fingerprint density at radius 3 is 1.92 bits per heavy atom. The minimum absolute atomic E-state index is 0.0161. The Kier molecular flexibility index (Phi) is 3.63. The molecular weight excluding hydrogens is 160 g/mol. The summed E-state index contributed by atoms with van der Waals surface area (Å²) >= 11 is 0. The standard InChI is InChI=1S/C9H19F2N/c1-7(2)5-9(10,11)6-8(3,4)12/h7H,5-6,12H2,1-4H3. The van der Waals surface area contributed by atoms with Gasteiger partial charge in [0.05, 0.1) is 0 Å². The Morgan fingerprint density at radius 2 is 1.67 bits per heavy atom. The lowest BCUT2D eigenvalue weighted by Gasteiger charge is -2.26. The molecule has 74 valence electrons. The normalized spacial score (nSPS) is 14.0. The van der Waals surface area contributed by atoms with Gasteiger partial charge in [0, 0.05) is 18.4 Å². The molecule has 0 aromatic rings. The van der Waals surface area contributed by atoms with Crippen molar-refractivity contribution >= 4 is 0 Å². The van der Waals surface area contributed by atoms with Crippen LogP contribution in [-0.4, -0.2) is 11.5 Å². The molecule has 0 aromatic carbocycles. The molecule has 0 saturated heterocycles. The van der Waals surface area contributed by atoms with Crippen molar-refractivity contribution in [1.82, 2.24) is 0 Å². The van der Waals surface area contributed by atoms with E-state index in [0.29, 0.717) is 0 Å². The van der Waals surface area contributed by atoms with E-state index in [2.05, 4.69) is 0 Å². The highest BCUT2D eigenvalue weighted by Gasteiger charge is 2.35. The van der Waals surface area contributed by atoms with Gasteiger partial charge in [-0.05, 0) is 19.8 Å². The van der Waals surface area contributed by atoms with Crippen LogP contribution in [0.2, 0.25) is 0 Å². The van der Waals surface area contributed by atoms with E-state index in [1.807, 2.05) is 0 Å². The van der Waals surface area contributed by atoms with Gasteiger partial charge in [0.25, 0.3) is 0 Å². The molecule has 0 aliphatic heterocycles. The van der Waals surface area contributed by atoms with Crippen LogP contribution in [0, 0.1) is 5.92 Å². The Labute approximate surface area is 73.3 Å². The predicted molar refractivity (Wildman–Crippen MR) is 47.3 cm³/mol. The fourth-order valence-electron chi connectivity index (χ4n) is 1.34. The molecule has 0 bridgehead atoms. The fraction of sp³-hybridized carbons (Fsp3) is 1.00. The topological polar surface area (TPSA) is 26.0 Å². The van der Waals surface area contributed by atoms with Crippen LogP contribution in [0.5, 0.6) is 0 Å². The zero-order valence-electron chi connectivity index (χ0n) is 8.32. The zero-order valence-corrected chi connectivity index (χ0v) is 8.32. The fourth-order valence-corrected chi connectivity index (χ4v) is 1.34. The van der Waals surface area contributed by atoms with Crippen LogP contribution in [0.4, 0.5) is 8.78 Å². The van der Waals surface area contributed by atoms with E-state index < -0.39 is 11.5 Å². The molecule has 0 radical (unpaired) electrons. The van der Waals surface area contributed by atoms with E-state index in [4.69, 9.17) is 5.73 Å². The third kappa shape index (κ3) is 6.53. The summed E-state index contributed by atoms with van der Waals surface area (Å²) in [5.41, 5.74) is 4.74. The van der Waals surface area contributed by atoms with Gasteiger partial charge in [-0.2, -0.15) is 0 Å². The first-order valence-corrected chi connectivity index (χ1v) is 4.29. The van der Waals surface area contributed by atoms with Crippen LogP contribution >= 0.6 is 0 Å². The lowest BCUT2D eigenvalue weighted by Crippen LogP contribution is -2.39. The number of nitrogens with two attached hydrogens (primary N) is 1. The van der Waals surface area contributed by atoms with Crippen molar-refractivity contribution in [1.29, 1.82) is 0 Å². The minimum atomic E-state index is -2.62. The molecule has 0 amide bonds. The van der Waals surface area contributed by atoms with Crippen molar-refractivity contribution < 1.29 is 8.78 Å². The second-order valence-corrected chi connectivity index (χ2v) is 4.62. The average molecular weight is 179 g/mol. The maximum Gasteiger partial charge on any atom is 0.250 e. The maximum atomic E-state index is 13.1. The molecule has 0 rings (SSSR count). The van der Waals surface area contributed by atoms with Crippen LogP contribution in [0.3, 0.4) is 0 Å². The van der Waals surface area contributed by atoms with E-state index in [1.54, 1.807) is 27.7 Å². The Hall–Kier alpha value is -0.180. The van der Waals surface area contributed by atoms with Gasteiger partial charge < -0.3 is 5.73 Å². The predicted octanol–water partition coefficient (Wildman–Crippen LogP) is 2.80. The van der Waals surface area contributed by atoms with Gasteiger partial charge in [-0.1, -0.05) is 13.8 Å². The molecule has 0 aromatic heterocycles. The quantitative estimate of drug-likeness (QED) is 0.705. The van der Waals surface area contributed by atoms with Gasteiger partial charge in [-0.3, -0.25) is 0 Å². The smallest absolute Gasteiger partial charge is 0.250 e. The molecule has 0 fully saturated rings. The molecule has 1 nitrogen and oxygen atoms in total. The summed E-state index contributed by atoms with van der Waals surface area (Å²) in [6.45, 7) is 6.83. The largest absolute Gasteiger partial charge is 0.325 e. The second kappa shape index (κ2) is 3.69. The van der Waals surface area contributed by atoms with Crippen molar-refractivity contribution in [3.63, 3.8) is 0 Å². The summed E-state index contributed by atoms with van der Waals surface area (Å²) in [5, 5.41) is 0. The highest BCUT2D eigenvalue weighted by Crippen LogP contribution is 2.30. The Morgan fingerprint density at radius 1 is 1.25 bits per heavy atom.